The first kappa shape index (κ1) is 10.3. The van der Waals surface area contributed by atoms with Gasteiger partial charge < -0.3 is 5.32 Å². The smallest absolute Gasteiger partial charge is 0.337 e. The van der Waals surface area contributed by atoms with Crippen molar-refractivity contribution < 1.29 is 18.0 Å². The summed E-state index contributed by atoms with van der Waals surface area (Å²) in [5.74, 6) is 0.0747. The van der Waals surface area contributed by atoms with E-state index in [9.17, 15) is 18.0 Å². The highest BCUT2D eigenvalue weighted by molar-refractivity contribution is 6.18. The van der Waals surface area contributed by atoms with Gasteiger partial charge in [-0.1, -0.05) is 0 Å². The molecular formula is C4H6ClF3N2O. The predicted octanol–water partition coefficient (Wildman–Crippen LogP) is 1.04. The maximum absolute atomic E-state index is 11.3. The largest absolute Gasteiger partial charge is 0.485 e. The number of halogens is 4. The molecular weight excluding hydrogens is 185 g/mol. The van der Waals surface area contributed by atoms with E-state index in [1.54, 1.807) is 0 Å². The van der Waals surface area contributed by atoms with Crippen LogP contribution in [0.4, 0.5) is 18.0 Å². The number of alkyl halides is 4. The summed E-state index contributed by atoms with van der Waals surface area (Å²) >= 11 is 5.09. The van der Waals surface area contributed by atoms with Gasteiger partial charge in [-0.3, -0.25) is 0 Å². The minimum absolute atomic E-state index is 0.00344. The molecule has 0 aromatic carbocycles. The van der Waals surface area contributed by atoms with Crippen LogP contribution < -0.4 is 10.6 Å². The van der Waals surface area contributed by atoms with Crippen LogP contribution in [-0.4, -0.2) is 24.8 Å². The standard InChI is InChI=1S/C4H6ClF3N2O/c5-1-2-9-3(11)10-4(6,7)8/h1-2H2,(H2,9,10,11). The Morgan fingerprint density at radius 1 is 1.45 bits per heavy atom. The molecule has 0 saturated carbocycles. The summed E-state index contributed by atoms with van der Waals surface area (Å²) < 4.78 is 34.0. The molecule has 0 aliphatic heterocycles. The fraction of sp³-hybridized carbons (Fsp3) is 0.750. The van der Waals surface area contributed by atoms with Crippen molar-refractivity contribution in [2.24, 2.45) is 0 Å². The van der Waals surface area contributed by atoms with Crippen molar-refractivity contribution in [1.82, 2.24) is 10.6 Å². The minimum Gasteiger partial charge on any atom is -0.337 e. The van der Waals surface area contributed by atoms with E-state index < -0.39 is 12.3 Å². The summed E-state index contributed by atoms with van der Waals surface area (Å²) in [6.07, 6.45) is -4.68. The lowest BCUT2D eigenvalue weighted by Crippen LogP contribution is -2.44. The highest BCUT2D eigenvalue weighted by atomic mass is 35.5. The molecule has 0 atom stereocenters. The van der Waals surface area contributed by atoms with Crippen molar-refractivity contribution in [2.75, 3.05) is 12.4 Å². The van der Waals surface area contributed by atoms with Crippen molar-refractivity contribution in [3.63, 3.8) is 0 Å². The molecule has 3 nitrogen and oxygen atoms in total. The molecule has 0 saturated heterocycles. The second-order valence-corrected chi connectivity index (χ2v) is 1.95. The Morgan fingerprint density at radius 2 is 2.00 bits per heavy atom. The zero-order valence-electron chi connectivity index (χ0n) is 5.33. The molecule has 0 rings (SSSR count). The highest BCUT2D eigenvalue weighted by Gasteiger charge is 2.29. The van der Waals surface area contributed by atoms with Crippen molar-refractivity contribution in [3.8, 4) is 0 Å². The van der Waals surface area contributed by atoms with Gasteiger partial charge in [-0.15, -0.1) is 11.6 Å². The molecule has 0 unspecified atom stereocenters. The van der Waals surface area contributed by atoms with Gasteiger partial charge in [-0.05, 0) is 0 Å². The Labute approximate surface area is 65.9 Å². The van der Waals surface area contributed by atoms with E-state index in [1.807, 2.05) is 5.32 Å². The maximum atomic E-state index is 11.3. The summed E-state index contributed by atoms with van der Waals surface area (Å²) in [5.41, 5.74) is 0. The van der Waals surface area contributed by atoms with Crippen LogP contribution in [-0.2, 0) is 0 Å². The first-order chi connectivity index (χ1) is 4.95. The quantitative estimate of drug-likeness (QED) is 0.496. The van der Waals surface area contributed by atoms with Gasteiger partial charge in [0.2, 0.25) is 0 Å². The van der Waals surface area contributed by atoms with Crippen molar-refractivity contribution in [1.29, 1.82) is 0 Å². The summed E-state index contributed by atoms with van der Waals surface area (Å²) in [6, 6.07) is -1.29. The number of rotatable bonds is 2. The third kappa shape index (κ3) is 7.24. The molecule has 2 amide bonds. The van der Waals surface area contributed by atoms with E-state index in [0.717, 1.165) is 5.32 Å². The summed E-state index contributed by atoms with van der Waals surface area (Å²) in [4.78, 5) is 10.2. The van der Waals surface area contributed by atoms with E-state index >= 15 is 0 Å². The molecule has 0 aliphatic rings. The van der Waals surface area contributed by atoms with Crippen LogP contribution in [0.2, 0.25) is 0 Å². The molecule has 11 heavy (non-hydrogen) atoms. The first-order valence-electron chi connectivity index (χ1n) is 2.64. The molecule has 7 heteroatoms. The Kier molecular flexibility index (Phi) is 4.02. The number of hydrogen-bond acceptors (Lipinski definition) is 1. The van der Waals surface area contributed by atoms with E-state index in [0.29, 0.717) is 0 Å². The number of hydrogen-bond donors (Lipinski definition) is 2. The Balaban J connectivity index is 3.53. The van der Waals surface area contributed by atoms with E-state index in [4.69, 9.17) is 11.6 Å². The van der Waals surface area contributed by atoms with Crippen LogP contribution in [0, 0.1) is 0 Å². The average Bonchev–Trinajstić information content (AvgIpc) is 1.79. The Bertz CT molecular complexity index is 138. The fourth-order valence-corrected chi connectivity index (χ4v) is 0.428. The van der Waals surface area contributed by atoms with Gasteiger partial charge in [0.25, 0.3) is 0 Å². The van der Waals surface area contributed by atoms with Gasteiger partial charge in [0.1, 0.15) is 0 Å². The second-order valence-electron chi connectivity index (χ2n) is 1.57. The molecule has 0 aromatic heterocycles. The summed E-state index contributed by atoms with van der Waals surface area (Å²) in [5, 5.41) is 2.63. The summed E-state index contributed by atoms with van der Waals surface area (Å²) in [6.45, 7) is 0.00344. The molecule has 2 N–H and O–H groups in total. The van der Waals surface area contributed by atoms with Gasteiger partial charge in [-0.25, -0.2) is 10.1 Å². The van der Waals surface area contributed by atoms with Crippen LogP contribution in [0.3, 0.4) is 0 Å². The molecule has 0 heterocycles. The lowest BCUT2D eigenvalue weighted by Gasteiger charge is -2.08. The number of nitrogens with one attached hydrogen (secondary N) is 2. The zero-order chi connectivity index (χ0) is 8.91. The molecule has 0 aliphatic carbocycles. The van der Waals surface area contributed by atoms with Crippen LogP contribution in [0.5, 0.6) is 0 Å². The Morgan fingerprint density at radius 3 is 2.36 bits per heavy atom. The van der Waals surface area contributed by atoms with Gasteiger partial charge >= 0.3 is 12.3 Å². The molecule has 0 aromatic rings. The molecule has 0 fully saturated rings. The maximum Gasteiger partial charge on any atom is 0.485 e. The van der Waals surface area contributed by atoms with E-state index in [2.05, 4.69) is 0 Å². The lowest BCUT2D eigenvalue weighted by molar-refractivity contribution is -0.145. The normalized spacial score (nSPS) is 10.9. The minimum atomic E-state index is -4.68. The molecule has 0 radical (unpaired) electrons. The van der Waals surface area contributed by atoms with Crippen molar-refractivity contribution in [2.45, 2.75) is 6.30 Å². The number of carbonyl (C=O) groups is 1. The van der Waals surface area contributed by atoms with Crippen LogP contribution >= 0.6 is 11.6 Å². The second kappa shape index (κ2) is 4.27. The van der Waals surface area contributed by atoms with Gasteiger partial charge in [-0.2, -0.15) is 13.2 Å². The zero-order valence-corrected chi connectivity index (χ0v) is 6.09. The average molecular weight is 191 g/mol. The lowest BCUT2D eigenvalue weighted by atomic mass is 10.7. The SMILES string of the molecule is O=C(NCCCl)NC(F)(F)F. The van der Waals surface area contributed by atoms with Crippen LogP contribution in [0.25, 0.3) is 0 Å². The third-order valence-electron chi connectivity index (χ3n) is 0.635. The van der Waals surface area contributed by atoms with Gasteiger partial charge in [0.05, 0.1) is 0 Å². The third-order valence-corrected chi connectivity index (χ3v) is 0.824. The highest BCUT2D eigenvalue weighted by Crippen LogP contribution is 2.08. The van der Waals surface area contributed by atoms with Crippen LogP contribution in [0.1, 0.15) is 0 Å². The Hall–Kier alpha value is -0.650. The predicted molar refractivity (Wildman–Crippen MR) is 33.3 cm³/mol. The first-order valence-corrected chi connectivity index (χ1v) is 3.18. The number of urea groups is 1. The number of carbonyl (C=O) groups excluding carboxylic acids is 1. The van der Waals surface area contributed by atoms with E-state index in [1.165, 1.54) is 0 Å². The monoisotopic (exact) mass is 190 g/mol. The fourth-order valence-electron chi connectivity index (χ4n) is 0.334. The van der Waals surface area contributed by atoms with E-state index in [-0.39, 0.29) is 12.4 Å². The van der Waals surface area contributed by atoms with Crippen LogP contribution in [0.15, 0.2) is 0 Å². The molecule has 0 bridgehead atoms. The topological polar surface area (TPSA) is 41.1 Å². The van der Waals surface area contributed by atoms with Gasteiger partial charge in [0.15, 0.2) is 0 Å². The molecule has 66 valence electrons. The molecule has 0 spiro atoms. The van der Waals surface area contributed by atoms with Gasteiger partial charge in [0, 0.05) is 12.4 Å². The van der Waals surface area contributed by atoms with Crippen molar-refractivity contribution >= 4 is 17.6 Å². The number of amides is 2. The summed E-state index contributed by atoms with van der Waals surface area (Å²) in [7, 11) is 0. The van der Waals surface area contributed by atoms with Crippen molar-refractivity contribution in [3.05, 3.63) is 0 Å².